The van der Waals surface area contributed by atoms with Crippen LogP contribution >= 0.6 is 6.62 Å². The molecule has 0 amide bonds. The molecule has 0 aromatic rings. The zero-order chi connectivity index (χ0) is 5.98. The van der Waals surface area contributed by atoms with Gasteiger partial charge < -0.3 is 0 Å². The van der Waals surface area contributed by atoms with E-state index < -0.39 is 6.62 Å². The molecule has 8 heavy (non-hydrogen) atoms. The number of rotatable bonds is 0. The van der Waals surface area contributed by atoms with Gasteiger partial charge in [-0.25, -0.2) is 0 Å². The van der Waals surface area contributed by atoms with Gasteiger partial charge in [0, 0.05) is 0 Å². The molecule has 4 heteroatoms. The van der Waals surface area contributed by atoms with Gasteiger partial charge in [-0.2, -0.15) is 0 Å². The molecule has 0 aliphatic carbocycles. The molecule has 0 aromatic carbocycles. The monoisotopic (exact) mass is 199 g/mol. The van der Waals surface area contributed by atoms with Crippen molar-refractivity contribution in [3.8, 4) is 0 Å². The fraction of sp³-hybridized carbons (Fsp3) is 1.00. The van der Waals surface area contributed by atoms with Gasteiger partial charge in [-0.1, -0.05) is 0 Å². The molecule has 1 saturated heterocycles. The zero-order valence-electron chi connectivity index (χ0n) is 4.66. The van der Waals surface area contributed by atoms with Gasteiger partial charge in [0.2, 0.25) is 0 Å². The normalized spacial score (nSPS) is 35.1. The van der Waals surface area contributed by atoms with E-state index >= 15 is 0 Å². The molecule has 2 atom stereocenters. The Balaban J connectivity index is 2.34. The second-order valence-corrected chi connectivity index (χ2v) is 4.55. The van der Waals surface area contributed by atoms with Gasteiger partial charge in [-0.15, -0.1) is 0 Å². The topological polar surface area (TPSA) is 18.5 Å². The van der Waals surface area contributed by atoms with Crippen molar-refractivity contribution in [2.24, 2.45) is 0 Å². The molecule has 0 saturated carbocycles. The van der Waals surface area contributed by atoms with Crippen LogP contribution in [-0.2, 0) is 9.05 Å². The molecule has 1 rings (SSSR count). The Morgan fingerprint density at radius 2 is 2.50 bits per heavy atom. The molecule has 2 nitrogen and oxygen atoms in total. The Morgan fingerprint density at radius 3 is 2.88 bits per heavy atom. The van der Waals surface area contributed by atoms with Crippen LogP contribution in [0, 0.1) is 0 Å². The first-order valence-corrected chi connectivity index (χ1v) is 5.95. The van der Waals surface area contributed by atoms with Gasteiger partial charge in [0.1, 0.15) is 0 Å². The first-order valence-electron chi connectivity index (χ1n) is 2.56. The molecule has 1 fully saturated rings. The summed E-state index contributed by atoms with van der Waals surface area (Å²) in [6, 6.07) is 0. The van der Waals surface area contributed by atoms with E-state index in [0.717, 1.165) is 13.0 Å². The number of hydrogen-bond acceptors (Lipinski definition) is 2. The van der Waals surface area contributed by atoms with Gasteiger partial charge in [-0.05, 0) is 0 Å². The van der Waals surface area contributed by atoms with E-state index in [-0.39, 0.29) is 0 Å². The van der Waals surface area contributed by atoms with Crippen LogP contribution in [0.5, 0.6) is 0 Å². The molecule has 0 N–H and O–H groups in total. The van der Waals surface area contributed by atoms with Crippen LogP contribution in [0.4, 0.5) is 0 Å². The van der Waals surface area contributed by atoms with Gasteiger partial charge in [-0.3, -0.25) is 0 Å². The molecule has 1 heterocycles. The third-order valence-electron chi connectivity index (χ3n) is 0.987. The Kier molecular flexibility index (Phi) is 2.61. The fourth-order valence-corrected chi connectivity index (χ4v) is 2.63. The minimum absolute atomic E-state index is 0.385. The van der Waals surface area contributed by atoms with E-state index in [0.29, 0.717) is 6.10 Å². The Morgan fingerprint density at radius 1 is 1.75 bits per heavy atom. The summed E-state index contributed by atoms with van der Waals surface area (Å²) < 4.78 is 10.4. The van der Waals surface area contributed by atoms with Crippen molar-refractivity contribution in [3.05, 3.63) is 0 Å². The first kappa shape index (κ1) is 6.85. The standard InChI is InChI=1S/C4H8O2PSe/c1-4-2-3-5-7(8)6-4/h4H,2-3H2,1H3/q+1. The van der Waals surface area contributed by atoms with Crippen LogP contribution in [0.3, 0.4) is 0 Å². The predicted octanol–water partition coefficient (Wildman–Crippen LogP) is 1.21. The molecule has 0 radical (unpaired) electrons. The zero-order valence-corrected chi connectivity index (χ0v) is 7.27. The summed E-state index contributed by atoms with van der Waals surface area (Å²) >= 11 is 2.83. The third-order valence-corrected chi connectivity index (χ3v) is 3.12. The van der Waals surface area contributed by atoms with E-state index in [1.807, 2.05) is 0 Å². The average molecular weight is 198 g/mol. The summed E-state index contributed by atoms with van der Waals surface area (Å²) in [6.45, 7) is 2.26. The van der Waals surface area contributed by atoms with Gasteiger partial charge >= 0.3 is 56.8 Å². The van der Waals surface area contributed by atoms with Crippen molar-refractivity contribution in [2.75, 3.05) is 6.61 Å². The van der Waals surface area contributed by atoms with Crippen molar-refractivity contribution >= 4 is 21.7 Å². The van der Waals surface area contributed by atoms with E-state index in [1.165, 1.54) is 0 Å². The summed E-state index contributed by atoms with van der Waals surface area (Å²) in [7, 11) is 0. The maximum atomic E-state index is 5.27. The van der Waals surface area contributed by atoms with Crippen LogP contribution in [-0.4, -0.2) is 27.8 Å². The van der Waals surface area contributed by atoms with Gasteiger partial charge in [0.25, 0.3) is 0 Å². The summed E-state index contributed by atoms with van der Waals surface area (Å²) in [5.74, 6) is 0. The van der Waals surface area contributed by atoms with Crippen LogP contribution < -0.4 is 0 Å². The molecule has 1 aliphatic rings. The number of hydrogen-bond donors (Lipinski definition) is 0. The molecular weight excluding hydrogens is 190 g/mol. The van der Waals surface area contributed by atoms with Crippen LogP contribution in [0.25, 0.3) is 0 Å². The molecule has 0 spiro atoms. The van der Waals surface area contributed by atoms with E-state index in [9.17, 15) is 0 Å². The molecule has 0 bridgehead atoms. The van der Waals surface area contributed by atoms with Crippen molar-refractivity contribution in [1.29, 1.82) is 0 Å². The second-order valence-electron chi connectivity index (χ2n) is 1.76. The SMILES string of the molecule is CC1CCO[P+](=[Se])O1. The predicted molar refractivity (Wildman–Crippen MR) is 33.8 cm³/mol. The molecule has 1 aliphatic heterocycles. The first-order chi connectivity index (χ1) is 3.79. The summed E-state index contributed by atoms with van der Waals surface area (Å²) in [5, 5.41) is 0. The summed E-state index contributed by atoms with van der Waals surface area (Å²) in [4.78, 5) is 0. The Hall–Kier alpha value is 0.739. The van der Waals surface area contributed by atoms with Crippen molar-refractivity contribution in [2.45, 2.75) is 19.4 Å². The van der Waals surface area contributed by atoms with E-state index in [2.05, 4.69) is 22.0 Å². The molecule has 0 aromatic heterocycles. The third kappa shape index (κ3) is 1.92. The van der Waals surface area contributed by atoms with Crippen LogP contribution in [0.15, 0.2) is 0 Å². The van der Waals surface area contributed by atoms with Gasteiger partial charge in [0.15, 0.2) is 0 Å². The van der Waals surface area contributed by atoms with Crippen LogP contribution in [0.1, 0.15) is 13.3 Å². The molecule has 46 valence electrons. The van der Waals surface area contributed by atoms with Crippen molar-refractivity contribution in [1.82, 2.24) is 0 Å². The summed E-state index contributed by atoms with van der Waals surface area (Å²) in [5.41, 5.74) is 0. The minimum atomic E-state index is -0.656. The maximum absolute atomic E-state index is 5.27. The van der Waals surface area contributed by atoms with Gasteiger partial charge in [0.05, 0.1) is 0 Å². The molecular formula is C4H8O2PSe+. The van der Waals surface area contributed by atoms with Crippen LogP contribution in [0.2, 0.25) is 0 Å². The van der Waals surface area contributed by atoms with E-state index in [4.69, 9.17) is 9.05 Å². The van der Waals surface area contributed by atoms with E-state index in [1.54, 1.807) is 0 Å². The molecule has 2 unspecified atom stereocenters. The summed E-state index contributed by atoms with van der Waals surface area (Å²) in [6.07, 6.45) is 1.41. The second kappa shape index (κ2) is 3.05. The van der Waals surface area contributed by atoms with Crippen molar-refractivity contribution in [3.63, 3.8) is 0 Å². The average Bonchev–Trinajstić information content (AvgIpc) is 1.64. The Bertz CT molecular complexity index is 106. The Labute approximate surface area is 57.4 Å². The quantitative estimate of drug-likeness (QED) is 0.430. The fourth-order valence-electron chi connectivity index (χ4n) is 0.523. The van der Waals surface area contributed by atoms with Crippen molar-refractivity contribution < 1.29 is 9.05 Å².